The summed E-state index contributed by atoms with van der Waals surface area (Å²) < 4.78 is 3.90. The minimum absolute atomic E-state index is 0.369. The van der Waals surface area contributed by atoms with Crippen molar-refractivity contribution in [2.45, 2.75) is 12.5 Å². The monoisotopic (exact) mass is 202 g/mol. The van der Waals surface area contributed by atoms with Gasteiger partial charge in [-0.1, -0.05) is 0 Å². The van der Waals surface area contributed by atoms with E-state index >= 15 is 0 Å². The van der Waals surface area contributed by atoms with E-state index in [4.69, 9.17) is 5.73 Å². The molecule has 0 radical (unpaired) electrons. The van der Waals surface area contributed by atoms with Gasteiger partial charge >= 0.3 is 0 Å². The Labute approximate surface area is 79.1 Å². The molecule has 0 spiro atoms. The number of nitrogens with zero attached hydrogens (tertiary/aromatic N) is 2. The Morgan fingerprint density at radius 3 is 3.08 bits per heavy atom. The molecule has 3 N–H and O–H groups in total. The second kappa shape index (κ2) is 3.49. The van der Waals surface area contributed by atoms with Gasteiger partial charge in [0.2, 0.25) is 11.1 Å². The van der Waals surface area contributed by atoms with E-state index in [0.29, 0.717) is 12.0 Å². The summed E-state index contributed by atoms with van der Waals surface area (Å²) in [5.41, 5.74) is 5.40. The lowest BCUT2D eigenvalue weighted by Crippen LogP contribution is -2.17. The highest BCUT2D eigenvalue weighted by Crippen LogP contribution is 2.22. The molecule has 0 bridgehead atoms. The highest BCUT2D eigenvalue weighted by molar-refractivity contribution is 7.99. The van der Waals surface area contributed by atoms with Gasteiger partial charge in [0.05, 0.1) is 0 Å². The minimum Gasteiger partial charge on any atom is -0.367 e. The first-order valence-electron chi connectivity index (χ1n) is 3.78. The van der Waals surface area contributed by atoms with Crippen LogP contribution in [0.2, 0.25) is 0 Å². The number of rotatable bonds is 2. The Kier molecular flexibility index (Phi) is 2.36. The number of nitrogens with two attached hydrogens (primary N) is 1. The topological polar surface area (TPSA) is 63.8 Å². The molecule has 1 aromatic rings. The molecule has 2 heterocycles. The second-order valence-corrected chi connectivity index (χ2v) is 4.56. The van der Waals surface area contributed by atoms with Crippen molar-refractivity contribution in [1.29, 1.82) is 0 Å². The maximum absolute atomic E-state index is 5.40. The first kappa shape index (κ1) is 8.12. The van der Waals surface area contributed by atoms with Gasteiger partial charge in [0.25, 0.3) is 0 Å². The van der Waals surface area contributed by atoms with Crippen LogP contribution in [0.1, 0.15) is 6.42 Å². The van der Waals surface area contributed by atoms with Crippen molar-refractivity contribution in [3.8, 4) is 0 Å². The molecule has 4 nitrogen and oxygen atoms in total. The zero-order chi connectivity index (χ0) is 8.39. The van der Waals surface area contributed by atoms with E-state index in [2.05, 4.69) is 14.7 Å². The fourth-order valence-corrected chi connectivity index (χ4v) is 2.84. The molecule has 1 unspecified atom stereocenters. The average molecular weight is 202 g/mol. The maximum atomic E-state index is 5.40. The highest BCUT2D eigenvalue weighted by atomic mass is 32.2. The molecule has 1 atom stereocenters. The van der Waals surface area contributed by atoms with Crippen LogP contribution in [0, 0.1) is 0 Å². The van der Waals surface area contributed by atoms with E-state index in [1.165, 1.54) is 29.5 Å². The van der Waals surface area contributed by atoms with Gasteiger partial charge in [0.15, 0.2) is 0 Å². The molecular formula is C6H10N4S2. The Morgan fingerprint density at radius 2 is 2.50 bits per heavy atom. The molecule has 12 heavy (non-hydrogen) atoms. The standard InChI is InChI=1S/C6H10N4S2/c7-5-9-6(12-10-5)8-4-1-2-11-3-4/h4H,1-3H2,(H3,7,8,9,10). The Morgan fingerprint density at radius 1 is 1.58 bits per heavy atom. The van der Waals surface area contributed by atoms with Gasteiger partial charge in [-0.15, -0.1) is 0 Å². The van der Waals surface area contributed by atoms with Gasteiger partial charge in [0.1, 0.15) is 0 Å². The number of anilines is 2. The van der Waals surface area contributed by atoms with Gasteiger partial charge in [-0.25, -0.2) is 0 Å². The third-order valence-electron chi connectivity index (χ3n) is 1.70. The van der Waals surface area contributed by atoms with Crippen molar-refractivity contribution in [3.05, 3.63) is 0 Å². The number of nitrogens with one attached hydrogen (secondary N) is 1. The fraction of sp³-hybridized carbons (Fsp3) is 0.667. The molecule has 1 saturated heterocycles. The van der Waals surface area contributed by atoms with Crippen molar-refractivity contribution in [1.82, 2.24) is 9.36 Å². The summed E-state index contributed by atoms with van der Waals surface area (Å²) in [6.45, 7) is 0. The summed E-state index contributed by atoms with van der Waals surface area (Å²) in [5, 5.41) is 4.15. The van der Waals surface area contributed by atoms with Crippen molar-refractivity contribution < 1.29 is 0 Å². The van der Waals surface area contributed by atoms with Crippen LogP contribution in [0.5, 0.6) is 0 Å². The SMILES string of the molecule is Nc1nsc(NC2CCSC2)n1. The minimum atomic E-state index is 0.369. The molecule has 0 amide bonds. The number of hydrogen-bond donors (Lipinski definition) is 2. The first-order valence-corrected chi connectivity index (χ1v) is 5.71. The van der Waals surface area contributed by atoms with E-state index in [1.54, 1.807) is 0 Å². The summed E-state index contributed by atoms with van der Waals surface area (Å²) in [5.74, 6) is 2.78. The lowest BCUT2D eigenvalue weighted by atomic mass is 10.3. The van der Waals surface area contributed by atoms with Crippen LogP contribution >= 0.6 is 23.3 Å². The molecule has 6 heteroatoms. The maximum Gasteiger partial charge on any atom is 0.233 e. The van der Waals surface area contributed by atoms with Crippen LogP contribution in [0.15, 0.2) is 0 Å². The van der Waals surface area contributed by atoms with Crippen molar-refractivity contribution >= 4 is 34.4 Å². The fourth-order valence-electron chi connectivity index (χ4n) is 1.12. The normalized spacial score (nSPS) is 22.8. The summed E-state index contributed by atoms with van der Waals surface area (Å²) in [4.78, 5) is 4.04. The van der Waals surface area contributed by atoms with Crippen LogP contribution in [-0.2, 0) is 0 Å². The lowest BCUT2D eigenvalue weighted by molar-refractivity contribution is 0.811. The molecule has 0 aromatic carbocycles. The predicted octanol–water partition coefficient (Wildman–Crippen LogP) is 1.04. The van der Waals surface area contributed by atoms with Crippen molar-refractivity contribution in [2.24, 2.45) is 0 Å². The number of thioether (sulfide) groups is 1. The van der Waals surface area contributed by atoms with E-state index in [1.807, 2.05) is 11.8 Å². The van der Waals surface area contributed by atoms with Crippen LogP contribution in [0.4, 0.5) is 11.1 Å². The van der Waals surface area contributed by atoms with Crippen LogP contribution < -0.4 is 11.1 Å². The lowest BCUT2D eigenvalue weighted by Gasteiger charge is -2.07. The average Bonchev–Trinajstić information content (AvgIpc) is 2.63. The molecule has 1 aliphatic rings. The van der Waals surface area contributed by atoms with Crippen LogP contribution in [0.3, 0.4) is 0 Å². The van der Waals surface area contributed by atoms with E-state index in [9.17, 15) is 0 Å². The zero-order valence-corrected chi connectivity index (χ0v) is 8.12. The summed E-state index contributed by atoms with van der Waals surface area (Å²) in [6.07, 6.45) is 1.21. The Bertz CT molecular complexity index is 256. The Balaban J connectivity index is 1.94. The highest BCUT2D eigenvalue weighted by Gasteiger charge is 2.16. The van der Waals surface area contributed by atoms with E-state index in [-0.39, 0.29) is 0 Å². The summed E-state index contributed by atoms with van der Waals surface area (Å²) in [7, 11) is 0. The van der Waals surface area contributed by atoms with Crippen molar-refractivity contribution in [2.75, 3.05) is 22.6 Å². The Hall–Kier alpha value is -0.490. The predicted molar refractivity (Wildman–Crippen MR) is 53.7 cm³/mol. The summed E-state index contributed by atoms with van der Waals surface area (Å²) >= 11 is 3.30. The molecule has 1 fully saturated rings. The molecular weight excluding hydrogens is 192 g/mol. The second-order valence-electron chi connectivity index (χ2n) is 2.66. The van der Waals surface area contributed by atoms with Crippen LogP contribution in [-0.4, -0.2) is 26.9 Å². The van der Waals surface area contributed by atoms with Crippen LogP contribution in [0.25, 0.3) is 0 Å². The number of hydrogen-bond acceptors (Lipinski definition) is 6. The molecule has 1 aromatic heterocycles. The van der Waals surface area contributed by atoms with E-state index in [0.717, 1.165) is 5.13 Å². The zero-order valence-electron chi connectivity index (χ0n) is 6.49. The smallest absolute Gasteiger partial charge is 0.233 e. The third kappa shape index (κ3) is 1.81. The van der Waals surface area contributed by atoms with Crippen molar-refractivity contribution in [3.63, 3.8) is 0 Å². The summed E-state index contributed by atoms with van der Waals surface area (Å²) in [6, 6.07) is 0.558. The molecule has 0 saturated carbocycles. The number of aromatic nitrogens is 2. The quantitative estimate of drug-likeness (QED) is 0.750. The van der Waals surface area contributed by atoms with Gasteiger partial charge in [-0.3, -0.25) is 0 Å². The first-order chi connectivity index (χ1) is 5.84. The van der Waals surface area contributed by atoms with Gasteiger partial charge in [-0.2, -0.15) is 21.1 Å². The third-order valence-corrected chi connectivity index (χ3v) is 3.52. The van der Waals surface area contributed by atoms with Gasteiger partial charge in [-0.05, 0) is 12.2 Å². The molecule has 66 valence electrons. The van der Waals surface area contributed by atoms with E-state index < -0.39 is 0 Å². The number of nitrogen functional groups attached to an aromatic ring is 1. The molecule has 1 aliphatic heterocycles. The molecule has 0 aliphatic carbocycles. The largest absolute Gasteiger partial charge is 0.367 e. The van der Waals surface area contributed by atoms with Gasteiger partial charge in [0, 0.05) is 23.3 Å². The molecule has 2 rings (SSSR count). The van der Waals surface area contributed by atoms with Gasteiger partial charge < -0.3 is 11.1 Å².